The van der Waals surface area contributed by atoms with Crippen LogP contribution in [0.15, 0.2) is 36.9 Å². The van der Waals surface area contributed by atoms with E-state index in [1.54, 1.807) is 16.8 Å². The lowest BCUT2D eigenvalue weighted by Gasteiger charge is -2.22. The van der Waals surface area contributed by atoms with E-state index in [0.717, 1.165) is 6.20 Å². The number of anilines is 2. The highest BCUT2D eigenvalue weighted by Crippen LogP contribution is 2.44. The minimum Gasteiger partial charge on any atom is -0.433 e. The monoisotopic (exact) mass is 534 g/mol. The lowest BCUT2D eigenvalue weighted by atomic mass is 9.81. The molecule has 10 nitrogen and oxygen atoms in total. The third-order valence-electron chi connectivity index (χ3n) is 6.14. The molecular formula is C23H19F5N8O2. The molecule has 15 heteroatoms. The number of nitrogens with two attached hydrogens (primary N) is 1. The molecule has 1 atom stereocenters. The molecule has 0 spiro atoms. The number of nitrogens with one attached hydrogen (secondary N) is 1. The third kappa shape index (κ3) is 4.54. The van der Waals surface area contributed by atoms with Crippen LogP contribution in [0.3, 0.4) is 0 Å². The number of hydrogen-bond acceptors (Lipinski definition) is 8. The van der Waals surface area contributed by atoms with Crippen LogP contribution in [0.5, 0.6) is 5.75 Å². The van der Waals surface area contributed by atoms with Gasteiger partial charge in [0, 0.05) is 25.0 Å². The van der Waals surface area contributed by atoms with Crippen LogP contribution in [0.1, 0.15) is 36.7 Å². The molecule has 0 radical (unpaired) electrons. The van der Waals surface area contributed by atoms with Crippen LogP contribution in [0.4, 0.5) is 33.6 Å². The number of carbonyl (C=O) groups is 1. The van der Waals surface area contributed by atoms with Gasteiger partial charge >= 0.3 is 12.8 Å². The van der Waals surface area contributed by atoms with Crippen LogP contribution in [-0.4, -0.2) is 48.0 Å². The summed E-state index contributed by atoms with van der Waals surface area (Å²) in [6, 6.07) is 2.61. The van der Waals surface area contributed by atoms with Gasteiger partial charge in [-0.25, -0.2) is 19.9 Å². The van der Waals surface area contributed by atoms with Crippen LogP contribution < -0.4 is 15.8 Å². The fraction of sp³-hybridized carbons (Fsp3) is 0.304. The van der Waals surface area contributed by atoms with Crippen molar-refractivity contribution in [2.75, 3.05) is 11.1 Å². The molecular weight excluding hydrogens is 515 g/mol. The van der Waals surface area contributed by atoms with Gasteiger partial charge < -0.3 is 20.2 Å². The molecule has 1 aliphatic heterocycles. The highest BCUT2D eigenvalue weighted by molar-refractivity contribution is 6.08. The molecule has 3 N–H and O–H groups in total. The predicted molar refractivity (Wildman–Crippen MR) is 123 cm³/mol. The maximum absolute atomic E-state index is 13.1. The summed E-state index contributed by atoms with van der Waals surface area (Å²) in [4.78, 5) is 34.5. The number of rotatable bonds is 7. The van der Waals surface area contributed by atoms with Gasteiger partial charge in [-0.1, -0.05) is 0 Å². The van der Waals surface area contributed by atoms with Crippen LogP contribution >= 0.6 is 0 Å². The Morgan fingerprint density at radius 1 is 1.18 bits per heavy atom. The zero-order chi connectivity index (χ0) is 27.2. The molecule has 1 amide bonds. The fourth-order valence-corrected chi connectivity index (χ4v) is 4.34. The number of fused-ring (bicyclic) bond motifs is 2. The van der Waals surface area contributed by atoms with Gasteiger partial charge in [0.2, 0.25) is 5.91 Å². The van der Waals surface area contributed by atoms with Gasteiger partial charge in [0.15, 0.2) is 11.5 Å². The number of aryl methyl sites for hydroxylation is 1. The lowest BCUT2D eigenvalue weighted by Crippen LogP contribution is -2.33. The van der Waals surface area contributed by atoms with Gasteiger partial charge in [-0.2, -0.15) is 22.0 Å². The molecule has 0 aliphatic carbocycles. The number of nitrogens with zero attached hydrogens (tertiary/aromatic N) is 6. The first-order valence-electron chi connectivity index (χ1n) is 11.3. The number of halogens is 5. The Morgan fingerprint density at radius 3 is 2.66 bits per heavy atom. The molecule has 4 aromatic heterocycles. The number of hydrogen-bond donors (Lipinski definition) is 2. The summed E-state index contributed by atoms with van der Waals surface area (Å²) in [5.74, 6) is -0.635. The zero-order valence-electron chi connectivity index (χ0n) is 19.6. The van der Waals surface area contributed by atoms with Gasteiger partial charge in [0.25, 0.3) is 0 Å². The minimum atomic E-state index is -4.29. The maximum atomic E-state index is 13.1. The fourth-order valence-electron chi connectivity index (χ4n) is 4.34. The molecule has 5 heterocycles. The number of carbonyl (C=O) groups excluding carboxylic acids is 1. The van der Waals surface area contributed by atoms with E-state index < -0.39 is 30.5 Å². The number of pyridine rings is 1. The minimum absolute atomic E-state index is 0.0139. The normalized spacial score (nSPS) is 17.2. The average Bonchev–Trinajstić information content (AvgIpc) is 3.41. The summed E-state index contributed by atoms with van der Waals surface area (Å²) < 4.78 is 68.9. The van der Waals surface area contributed by atoms with Crippen molar-refractivity contribution >= 4 is 23.2 Å². The summed E-state index contributed by atoms with van der Waals surface area (Å²) in [5.41, 5.74) is 6.20. The summed E-state index contributed by atoms with van der Waals surface area (Å²) in [6.07, 6.45) is 0.278. The Bertz CT molecular complexity index is 1520. The van der Waals surface area contributed by atoms with E-state index in [0.29, 0.717) is 11.3 Å². The van der Waals surface area contributed by atoms with Crippen molar-refractivity contribution in [2.45, 2.75) is 44.4 Å². The average molecular weight is 534 g/mol. The second kappa shape index (κ2) is 9.15. The van der Waals surface area contributed by atoms with Crippen LogP contribution in [0.25, 0.3) is 17.2 Å². The Labute approximate surface area is 211 Å². The molecule has 0 bridgehead atoms. The first kappa shape index (κ1) is 25.2. The number of nitrogen functional groups attached to an aromatic ring is 1. The highest BCUT2D eigenvalue weighted by atomic mass is 19.4. The molecule has 5 rings (SSSR count). The first-order chi connectivity index (χ1) is 18.0. The van der Waals surface area contributed by atoms with Gasteiger partial charge in [0.1, 0.15) is 28.5 Å². The molecule has 0 saturated heterocycles. The van der Waals surface area contributed by atoms with Gasteiger partial charge in [-0.15, -0.1) is 0 Å². The van der Waals surface area contributed by atoms with Crippen molar-refractivity contribution in [3.8, 4) is 17.3 Å². The first-order valence-corrected chi connectivity index (χ1v) is 11.3. The van der Waals surface area contributed by atoms with E-state index in [9.17, 15) is 26.7 Å². The van der Waals surface area contributed by atoms with Gasteiger partial charge in [0.05, 0.1) is 23.1 Å². The molecule has 4 aromatic rings. The van der Waals surface area contributed by atoms with Crippen molar-refractivity contribution in [2.24, 2.45) is 0 Å². The Balaban J connectivity index is 1.51. The maximum Gasteiger partial charge on any atom is 0.389 e. The number of amides is 1. The van der Waals surface area contributed by atoms with E-state index in [2.05, 4.69) is 35.0 Å². The molecule has 38 heavy (non-hydrogen) atoms. The number of aromatic nitrogens is 6. The van der Waals surface area contributed by atoms with Crippen molar-refractivity contribution in [3.05, 3.63) is 53.9 Å². The van der Waals surface area contributed by atoms with E-state index in [4.69, 9.17) is 5.73 Å². The lowest BCUT2D eigenvalue weighted by molar-refractivity contribution is -0.135. The van der Waals surface area contributed by atoms with E-state index in [1.807, 2.05) is 0 Å². The second-order valence-electron chi connectivity index (χ2n) is 8.69. The summed E-state index contributed by atoms with van der Waals surface area (Å²) in [6.45, 7) is -1.49. The van der Waals surface area contributed by atoms with Crippen molar-refractivity contribution < 1.29 is 31.5 Å². The van der Waals surface area contributed by atoms with Crippen LogP contribution in [0.2, 0.25) is 0 Å². The summed E-state index contributed by atoms with van der Waals surface area (Å²) in [5, 5.41) is 2.65. The van der Waals surface area contributed by atoms with Crippen LogP contribution in [-0.2, 0) is 16.6 Å². The standard InChI is InChI=1S/C23H19F5N8O2/c1-22(14-5-4-11(9-31-14)38-21(24)25)15-16(29)33-17(34-18(15)35-20(22)37)13-10-36-8-7-30-19(36)12(32-13)3-2-6-23(26,27)28/h4-5,7-10,21H,2-3,6H2,1H3,(H3,29,33,34,35,37). The topological polar surface area (TPSA) is 133 Å². The molecule has 0 fully saturated rings. The Hall–Kier alpha value is -4.43. The smallest absolute Gasteiger partial charge is 0.389 e. The zero-order valence-corrected chi connectivity index (χ0v) is 19.6. The molecule has 198 valence electrons. The van der Waals surface area contributed by atoms with Crippen molar-refractivity contribution in [3.63, 3.8) is 0 Å². The largest absolute Gasteiger partial charge is 0.433 e. The summed E-state index contributed by atoms with van der Waals surface area (Å²) >= 11 is 0. The quantitative estimate of drug-likeness (QED) is 0.341. The molecule has 1 aliphatic rings. The van der Waals surface area contributed by atoms with Gasteiger partial charge in [-0.05, 0) is 31.9 Å². The summed E-state index contributed by atoms with van der Waals surface area (Å²) in [7, 11) is 0. The molecule has 0 aromatic carbocycles. The van der Waals surface area contributed by atoms with E-state index in [-0.39, 0.29) is 53.0 Å². The number of imidazole rings is 1. The predicted octanol–water partition coefficient (Wildman–Crippen LogP) is 3.91. The second-order valence-corrected chi connectivity index (χ2v) is 8.69. The van der Waals surface area contributed by atoms with E-state index >= 15 is 0 Å². The molecule has 0 saturated carbocycles. The van der Waals surface area contributed by atoms with Crippen molar-refractivity contribution in [1.29, 1.82) is 0 Å². The molecule has 1 unspecified atom stereocenters. The highest BCUT2D eigenvalue weighted by Gasteiger charge is 2.48. The Kier molecular flexibility index (Phi) is 6.07. The van der Waals surface area contributed by atoms with E-state index in [1.165, 1.54) is 25.3 Å². The van der Waals surface area contributed by atoms with Crippen molar-refractivity contribution in [1.82, 2.24) is 29.3 Å². The SMILES string of the molecule is CC1(c2ccc(OC(F)F)cn2)C(=O)Nc2nc(-c3cn4ccnc4c(CCCC(F)(F)F)n3)nc(N)c21. The third-order valence-corrected chi connectivity index (χ3v) is 6.14. The van der Waals surface area contributed by atoms with Crippen LogP contribution in [0, 0.1) is 0 Å². The Morgan fingerprint density at radius 2 is 1.97 bits per heavy atom. The van der Waals surface area contributed by atoms with Gasteiger partial charge in [-0.3, -0.25) is 9.78 Å². The number of ether oxygens (including phenoxy) is 1. The number of alkyl halides is 5.